The van der Waals surface area contributed by atoms with Crippen LogP contribution in [-0.2, 0) is 26.3 Å². The average molecular weight is 705 g/mol. The molecule has 264 valence electrons. The molecule has 51 heavy (non-hydrogen) atoms. The third-order valence-electron chi connectivity index (χ3n) is 9.36. The molecule has 3 heterocycles. The quantitative estimate of drug-likeness (QED) is 0.103. The lowest BCUT2D eigenvalue weighted by molar-refractivity contribution is 0.262. The van der Waals surface area contributed by atoms with E-state index in [0.717, 1.165) is 63.2 Å². The van der Waals surface area contributed by atoms with Crippen LogP contribution in [0.4, 0.5) is 0 Å². The minimum Gasteiger partial charge on any atom is -0.493 e. The first-order valence-corrected chi connectivity index (χ1v) is 17.9. The molecule has 0 radical (unpaired) electrons. The molecule has 0 unspecified atom stereocenters. The SMILES string of the molecule is Cc1c(COc2cc(OCc3cncc(C#N)c3)c(CN(C)Cc3cn[nH]c3)cc2Cl)cccc1-c1cccc(OCCCN2CCCC2)c1C. The van der Waals surface area contributed by atoms with Gasteiger partial charge in [-0.15, -0.1) is 0 Å². The van der Waals surface area contributed by atoms with Crippen molar-refractivity contribution in [3.05, 3.63) is 123 Å². The number of nitriles is 1. The van der Waals surface area contributed by atoms with Gasteiger partial charge in [0.2, 0.25) is 0 Å². The lowest BCUT2D eigenvalue weighted by atomic mass is 9.93. The van der Waals surface area contributed by atoms with Gasteiger partial charge in [-0.1, -0.05) is 41.9 Å². The van der Waals surface area contributed by atoms with E-state index in [-0.39, 0.29) is 6.61 Å². The van der Waals surface area contributed by atoms with Crippen molar-refractivity contribution in [3.63, 3.8) is 0 Å². The molecule has 1 aliphatic rings. The number of aromatic amines is 1. The van der Waals surface area contributed by atoms with Gasteiger partial charge in [0.05, 0.1) is 23.4 Å². The van der Waals surface area contributed by atoms with Crippen LogP contribution in [0.1, 0.15) is 58.2 Å². The number of hydrogen-bond acceptors (Lipinski definition) is 8. The van der Waals surface area contributed by atoms with Crippen molar-refractivity contribution in [2.45, 2.75) is 59.4 Å². The molecule has 1 saturated heterocycles. The molecular weight excluding hydrogens is 660 g/mol. The summed E-state index contributed by atoms with van der Waals surface area (Å²) in [6.07, 6.45) is 10.6. The first kappa shape index (κ1) is 35.9. The molecule has 10 heteroatoms. The van der Waals surface area contributed by atoms with Gasteiger partial charge >= 0.3 is 0 Å². The Morgan fingerprint density at radius 3 is 2.41 bits per heavy atom. The Labute approximate surface area is 305 Å². The maximum absolute atomic E-state index is 9.33. The summed E-state index contributed by atoms with van der Waals surface area (Å²) in [4.78, 5) is 8.86. The Balaban J connectivity index is 1.17. The first-order chi connectivity index (χ1) is 24.9. The standard InChI is InChI=1S/C41H45ClN6O3/c1-29-34(9-6-10-36(29)37-11-7-12-39(30(37)2)49-16-8-15-48-13-4-5-14-48)28-51-41-19-40(50-27-32-17-31(20-43)21-44-22-32)35(18-38(41)42)26-47(3)25-33-23-45-46-24-33/h6-7,9-12,17-19,21-24H,4-5,8,13-16,25-28H2,1-3H3,(H,45,46). The summed E-state index contributed by atoms with van der Waals surface area (Å²) in [7, 11) is 2.03. The summed E-state index contributed by atoms with van der Waals surface area (Å²) < 4.78 is 19.0. The van der Waals surface area contributed by atoms with E-state index in [1.165, 1.54) is 32.1 Å². The Kier molecular flexibility index (Phi) is 12.2. The molecule has 6 rings (SSSR count). The third-order valence-corrected chi connectivity index (χ3v) is 9.65. The zero-order valence-corrected chi connectivity index (χ0v) is 30.4. The largest absolute Gasteiger partial charge is 0.493 e. The first-order valence-electron chi connectivity index (χ1n) is 17.5. The van der Waals surface area contributed by atoms with E-state index in [2.05, 4.69) is 81.3 Å². The molecule has 0 bridgehead atoms. The lowest BCUT2D eigenvalue weighted by Crippen LogP contribution is -2.22. The van der Waals surface area contributed by atoms with Crippen molar-refractivity contribution in [3.8, 4) is 34.4 Å². The number of H-pyrrole nitrogens is 1. The number of hydrogen-bond donors (Lipinski definition) is 1. The van der Waals surface area contributed by atoms with Gasteiger partial charge in [-0.2, -0.15) is 10.4 Å². The van der Waals surface area contributed by atoms with Crippen molar-refractivity contribution in [2.24, 2.45) is 0 Å². The summed E-state index contributed by atoms with van der Waals surface area (Å²) >= 11 is 6.87. The topological polar surface area (TPSA) is 99.5 Å². The zero-order valence-electron chi connectivity index (χ0n) is 29.6. The molecule has 3 aromatic carbocycles. The number of aromatic nitrogens is 3. The molecule has 0 saturated carbocycles. The molecule has 9 nitrogen and oxygen atoms in total. The Bertz CT molecular complexity index is 1950. The maximum Gasteiger partial charge on any atom is 0.142 e. The second-order valence-electron chi connectivity index (χ2n) is 13.2. The summed E-state index contributed by atoms with van der Waals surface area (Å²) in [5.41, 5.74) is 8.90. The number of nitrogens with one attached hydrogen (secondary N) is 1. The van der Waals surface area contributed by atoms with Crippen LogP contribution in [0.15, 0.2) is 79.4 Å². The smallest absolute Gasteiger partial charge is 0.142 e. The van der Waals surface area contributed by atoms with Gasteiger partial charge in [0.1, 0.15) is 36.5 Å². The molecule has 1 fully saturated rings. The van der Waals surface area contributed by atoms with Crippen LogP contribution in [-0.4, -0.2) is 58.3 Å². The molecular formula is C41H45ClN6O3. The molecule has 0 spiro atoms. The molecule has 5 aromatic rings. The highest BCUT2D eigenvalue weighted by Crippen LogP contribution is 2.37. The number of nitrogens with zero attached hydrogens (tertiary/aromatic N) is 5. The Hall–Kier alpha value is -4.88. The lowest BCUT2D eigenvalue weighted by Gasteiger charge is -2.21. The number of halogens is 1. The van der Waals surface area contributed by atoms with Gasteiger partial charge in [0, 0.05) is 61.0 Å². The van der Waals surface area contributed by atoms with Crippen molar-refractivity contribution < 1.29 is 14.2 Å². The molecule has 0 amide bonds. The predicted octanol–water partition coefficient (Wildman–Crippen LogP) is 8.27. The van der Waals surface area contributed by atoms with Crippen LogP contribution >= 0.6 is 11.6 Å². The summed E-state index contributed by atoms with van der Waals surface area (Å²) in [6.45, 7) is 10.3. The third kappa shape index (κ3) is 9.47. The number of pyridine rings is 1. The molecule has 0 atom stereocenters. The van der Waals surface area contributed by atoms with E-state index in [0.29, 0.717) is 48.4 Å². The van der Waals surface area contributed by atoms with E-state index >= 15 is 0 Å². The summed E-state index contributed by atoms with van der Waals surface area (Å²) in [5, 5.41) is 16.8. The molecule has 0 aliphatic carbocycles. The Morgan fingerprint density at radius 2 is 1.63 bits per heavy atom. The number of likely N-dealkylation sites (tertiary alicyclic amines) is 1. The van der Waals surface area contributed by atoms with E-state index in [1.54, 1.807) is 12.3 Å². The highest BCUT2D eigenvalue weighted by molar-refractivity contribution is 6.32. The minimum absolute atomic E-state index is 0.240. The van der Waals surface area contributed by atoms with Crippen LogP contribution in [0.2, 0.25) is 5.02 Å². The van der Waals surface area contributed by atoms with Crippen molar-refractivity contribution >= 4 is 11.6 Å². The summed E-state index contributed by atoms with van der Waals surface area (Å²) in [6, 6.07) is 20.3. The second-order valence-corrected chi connectivity index (χ2v) is 13.6. The fourth-order valence-electron chi connectivity index (χ4n) is 6.58. The van der Waals surface area contributed by atoms with E-state index in [9.17, 15) is 5.26 Å². The number of benzene rings is 3. The second kappa shape index (κ2) is 17.4. The Morgan fingerprint density at radius 1 is 0.843 bits per heavy atom. The minimum atomic E-state index is 0.240. The van der Waals surface area contributed by atoms with Crippen molar-refractivity contribution in [1.29, 1.82) is 5.26 Å². The van der Waals surface area contributed by atoms with Gasteiger partial charge in [-0.25, -0.2) is 0 Å². The predicted molar refractivity (Wildman–Crippen MR) is 200 cm³/mol. The fourth-order valence-corrected chi connectivity index (χ4v) is 6.82. The monoisotopic (exact) mass is 704 g/mol. The van der Waals surface area contributed by atoms with E-state index in [4.69, 9.17) is 25.8 Å². The number of rotatable bonds is 16. The molecule has 1 aliphatic heterocycles. The highest BCUT2D eigenvalue weighted by atomic mass is 35.5. The average Bonchev–Trinajstić information content (AvgIpc) is 3.86. The molecule has 1 N–H and O–H groups in total. The normalized spacial score (nSPS) is 13.0. The number of ether oxygens (including phenoxy) is 3. The van der Waals surface area contributed by atoms with E-state index < -0.39 is 0 Å². The molecule has 2 aromatic heterocycles. The maximum atomic E-state index is 9.33. The van der Waals surface area contributed by atoms with Crippen LogP contribution in [0.3, 0.4) is 0 Å². The zero-order chi connectivity index (χ0) is 35.6. The van der Waals surface area contributed by atoms with Gasteiger partial charge in [-0.05, 0) is 99.3 Å². The van der Waals surface area contributed by atoms with Crippen LogP contribution in [0.5, 0.6) is 17.2 Å². The van der Waals surface area contributed by atoms with E-state index in [1.807, 2.05) is 31.6 Å². The highest BCUT2D eigenvalue weighted by Gasteiger charge is 2.17. The van der Waals surface area contributed by atoms with Gasteiger partial charge in [-0.3, -0.25) is 15.0 Å². The van der Waals surface area contributed by atoms with Crippen molar-refractivity contribution in [1.82, 2.24) is 25.0 Å². The van der Waals surface area contributed by atoms with Crippen LogP contribution in [0, 0.1) is 25.2 Å². The van der Waals surface area contributed by atoms with Crippen LogP contribution < -0.4 is 14.2 Å². The van der Waals surface area contributed by atoms with Crippen LogP contribution in [0.25, 0.3) is 11.1 Å². The van der Waals surface area contributed by atoms with Gasteiger partial charge in [0.15, 0.2) is 0 Å². The van der Waals surface area contributed by atoms with Gasteiger partial charge < -0.3 is 19.1 Å². The van der Waals surface area contributed by atoms with Crippen molar-refractivity contribution in [2.75, 3.05) is 33.3 Å². The summed E-state index contributed by atoms with van der Waals surface area (Å²) in [5.74, 6) is 2.11. The van der Waals surface area contributed by atoms with Gasteiger partial charge in [0.25, 0.3) is 0 Å². The fraction of sp³-hybridized carbons (Fsp3) is 0.341.